The van der Waals surface area contributed by atoms with Gasteiger partial charge in [0.2, 0.25) is 0 Å². The Bertz CT molecular complexity index is 602. The number of benzene rings is 1. The van der Waals surface area contributed by atoms with Crippen molar-refractivity contribution in [2.75, 3.05) is 6.54 Å². The van der Waals surface area contributed by atoms with Gasteiger partial charge in [0.25, 0.3) is 15.0 Å². The molecule has 20 heavy (non-hydrogen) atoms. The summed E-state index contributed by atoms with van der Waals surface area (Å²) in [5.74, 6) is -0.302. The molecular formula is C13H17BrClNO3S. The third-order valence-electron chi connectivity index (χ3n) is 2.89. The predicted octanol–water partition coefficient (Wildman–Crippen LogP) is 3.61. The van der Waals surface area contributed by atoms with Gasteiger partial charge in [-0.25, -0.2) is 8.42 Å². The minimum Gasteiger partial charge on any atom is -0.352 e. The number of halogens is 2. The molecule has 0 radical (unpaired) electrons. The summed E-state index contributed by atoms with van der Waals surface area (Å²) in [4.78, 5) is 11.9. The van der Waals surface area contributed by atoms with Gasteiger partial charge in [-0.3, -0.25) is 4.79 Å². The Labute approximate surface area is 132 Å². The van der Waals surface area contributed by atoms with E-state index in [1.807, 2.05) is 0 Å². The van der Waals surface area contributed by atoms with Crippen molar-refractivity contribution in [1.29, 1.82) is 0 Å². The summed E-state index contributed by atoms with van der Waals surface area (Å²) in [5, 5.41) is 2.76. The van der Waals surface area contributed by atoms with Crippen molar-refractivity contribution in [3.8, 4) is 0 Å². The van der Waals surface area contributed by atoms with Gasteiger partial charge in [0.05, 0.1) is 4.90 Å². The van der Waals surface area contributed by atoms with Crippen molar-refractivity contribution in [1.82, 2.24) is 5.32 Å². The molecule has 1 N–H and O–H groups in total. The molecule has 1 rings (SSSR count). The average molecular weight is 383 g/mol. The van der Waals surface area contributed by atoms with E-state index in [0.29, 0.717) is 16.6 Å². The van der Waals surface area contributed by atoms with Gasteiger partial charge in [0, 0.05) is 27.3 Å². The lowest BCUT2D eigenvalue weighted by Crippen LogP contribution is -2.24. The Morgan fingerprint density at radius 3 is 2.55 bits per heavy atom. The first-order chi connectivity index (χ1) is 9.27. The zero-order valence-electron chi connectivity index (χ0n) is 11.4. The lowest BCUT2D eigenvalue weighted by Gasteiger charge is -2.09. The second kappa shape index (κ2) is 7.43. The molecule has 0 aliphatic heterocycles. The van der Waals surface area contributed by atoms with Gasteiger partial charge in [0.15, 0.2) is 0 Å². The summed E-state index contributed by atoms with van der Waals surface area (Å²) in [6.45, 7) is 4.28. The number of hydrogen-bond donors (Lipinski definition) is 1. The Balaban J connectivity index is 2.97. The first kappa shape index (κ1) is 17.5. The van der Waals surface area contributed by atoms with E-state index in [0.717, 1.165) is 19.3 Å². The molecule has 0 saturated carbocycles. The Morgan fingerprint density at radius 2 is 2.00 bits per heavy atom. The zero-order chi connectivity index (χ0) is 15.3. The van der Waals surface area contributed by atoms with Crippen molar-refractivity contribution in [3.63, 3.8) is 0 Å². The van der Waals surface area contributed by atoms with Crippen LogP contribution in [0.1, 0.15) is 42.1 Å². The minimum absolute atomic E-state index is 0.0488. The van der Waals surface area contributed by atoms with Gasteiger partial charge in [-0.1, -0.05) is 35.7 Å². The third kappa shape index (κ3) is 4.75. The van der Waals surface area contributed by atoms with E-state index in [-0.39, 0.29) is 16.4 Å². The van der Waals surface area contributed by atoms with Crippen LogP contribution in [0.25, 0.3) is 0 Å². The van der Waals surface area contributed by atoms with Crippen LogP contribution < -0.4 is 5.32 Å². The molecule has 1 amide bonds. The highest BCUT2D eigenvalue weighted by molar-refractivity contribution is 9.10. The fraction of sp³-hybridized carbons (Fsp3) is 0.462. The van der Waals surface area contributed by atoms with Crippen molar-refractivity contribution in [2.45, 2.75) is 38.0 Å². The van der Waals surface area contributed by atoms with E-state index in [1.54, 1.807) is 13.0 Å². The number of rotatable bonds is 6. The Hall–Kier alpha value is -0.590. The minimum atomic E-state index is -3.88. The van der Waals surface area contributed by atoms with Crippen LogP contribution in [-0.4, -0.2) is 20.9 Å². The van der Waals surface area contributed by atoms with Gasteiger partial charge in [-0.05, 0) is 31.0 Å². The summed E-state index contributed by atoms with van der Waals surface area (Å²) in [6, 6.07) is 2.90. The van der Waals surface area contributed by atoms with Crippen molar-refractivity contribution >= 4 is 41.6 Å². The maximum atomic E-state index is 12.0. The van der Waals surface area contributed by atoms with Crippen LogP contribution in [0.3, 0.4) is 0 Å². The lowest BCUT2D eigenvalue weighted by atomic mass is 10.1. The summed E-state index contributed by atoms with van der Waals surface area (Å²) >= 11 is 3.25. The maximum Gasteiger partial charge on any atom is 0.261 e. The summed E-state index contributed by atoms with van der Waals surface area (Å²) < 4.78 is 23.5. The molecule has 0 saturated heterocycles. The quantitative estimate of drug-likeness (QED) is 0.604. The average Bonchev–Trinajstić information content (AvgIpc) is 2.36. The molecule has 112 valence electrons. The Kier molecular flexibility index (Phi) is 6.48. The fourth-order valence-corrected chi connectivity index (χ4v) is 3.53. The number of unbranched alkanes of at least 4 members (excludes halogenated alkanes) is 2. The molecule has 0 bridgehead atoms. The van der Waals surface area contributed by atoms with Crippen LogP contribution in [0.4, 0.5) is 0 Å². The second-order valence-electron chi connectivity index (χ2n) is 4.48. The summed E-state index contributed by atoms with van der Waals surface area (Å²) in [6.07, 6.45) is 3.01. The van der Waals surface area contributed by atoms with Crippen LogP contribution in [0, 0.1) is 6.92 Å². The van der Waals surface area contributed by atoms with E-state index in [4.69, 9.17) is 10.7 Å². The van der Waals surface area contributed by atoms with E-state index in [1.165, 1.54) is 6.07 Å². The molecule has 0 aliphatic rings. The maximum absolute atomic E-state index is 12.0. The van der Waals surface area contributed by atoms with Crippen molar-refractivity contribution in [3.05, 3.63) is 27.7 Å². The highest BCUT2D eigenvalue weighted by Crippen LogP contribution is 2.28. The summed E-state index contributed by atoms with van der Waals surface area (Å²) in [5.41, 5.74) is 0.765. The van der Waals surface area contributed by atoms with Crippen LogP contribution in [0.2, 0.25) is 0 Å². The van der Waals surface area contributed by atoms with E-state index in [9.17, 15) is 13.2 Å². The molecule has 1 aromatic rings. The number of carbonyl (C=O) groups is 1. The molecule has 0 aliphatic carbocycles. The Morgan fingerprint density at radius 1 is 1.35 bits per heavy atom. The number of hydrogen-bond acceptors (Lipinski definition) is 3. The molecule has 0 heterocycles. The lowest BCUT2D eigenvalue weighted by molar-refractivity contribution is 0.0952. The van der Waals surface area contributed by atoms with Gasteiger partial charge >= 0.3 is 0 Å². The van der Waals surface area contributed by atoms with Gasteiger partial charge < -0.3 is 5.32 Å². The highest BCUT2D eigenvalue weighted by Gasteiger charge is 2.19. The van der Waals surface area contributed by atoms with E-state index in [2.05, 4.69) is 28.2 Å². The second-order valence-corrected chi connectivity index (χ2v) is 7.87. The first-order valence-corrected chi connectivity index (χ1v) is 9.40. The van der Waals surface area contributed by atoms with Gasteiger partial charge in [-0.15, -0.1) is 0 Å². The topological polar surface area (TPSA) is 63.2 Å². The fourth-order valence-electron chi connectivity index (χ4n) is 1.72. The molecule has 4 nitrogen and oxygen atoms in total. The monoisotopic (exact) mass is 381 g/mol. The van der Waals surface area contributed by atoms with E-state index >= 15 is 0 Å². The largest absolute Gasteiger partial charge is 0.352 e. The molecule has 0 fully saturated rings. The molecule has 7 heteroatoms. The highest BCUT2D eigenvalue weighted by atomic mass is 79.9. The van der Waals surface area contributed by atoms with Gasteiger partial charge in [0.1, 0.15) is 0 Å². The van der Waals surface area contributed by atoms with Crippen molar-refractivity contribution < 1.29 is 13.2 Å². The van der Waals surface area contributed by atoms with Crippen LogP contribution >= 0.6 is 26.6 Å². The number of carbonyl (C=O) groups excluding carboxylic acids is 1. The molecule has 1 aromatic carbocycles. The molecule has 0 unspecified atom stereocenters. The van der Waals surface area contributed by atoms with Crippen LogP contribution in [0.15, 0.2) is 21.5 Å². The SMILES string of the molecule is CCCCCNC(=O)c1cc(Br)c(C)c(S(=O)(=O)Cl)c1. The predicted molar refractivity (Wildman–Crippen MR) is 83.8 cm³/mol. The van der Waals surface area contributed by atoms with E-state index < -0.39 is 9.05 Å². The number of amides is 1. The van der Waals surface area contributed by atoms with Crippen molar-refractivity contribution in [2.24, 2.45) is 0 Å². The molecular weight excluding hydrogens is 366 g/mol. The molecule has 0 spiro atoms. The number of nitrogens with one attached hydrogen (secondary N) is 1. The standard InChI is InChI=1S/C13H17BrClNO3S/c1-3-4-5-6-16-13(17)10-7-11(14)9(2)12(8-10)20(15,18)19/h7-8H,3-6H2,1-2H3,(H,16,17). The summed E-state index contributed by atoms with van der Waals surface area (Å²) in [7, 11) is 1.50. The van der Waals surface area contributed by atoms with Crippen LogP contribution in [0.5, 0.6) is 0 Å². The molecule has 0 atom stereocenters. The normalized spacial score (nSPS) is 11.4. The smallest absolute Gasteiger partial charge is 0.261 e. The van der Waals surface area contributed by atoms with Gasteiger partial charge in [-0.2, -0.15) is 0 Å². The first-order valence-electron chi connectivity index (χ1n) is 6.30. The molecule has 0 aromatic heterocycles. The van der Waals surface area contributed by atoms with Crippen LogP contribution in [-0.2, 0) is 9.05 Å². The third-order valence-corrected chi connectivity index (χ3v) is 5.16. The zero-order valence-corrected chi connectivity index (χ0v) is 14.5.